The number of hydrogen-bond acceptors (Lipinski definition) is 9. The molecule has 0 amide bonds. The van der Waals surface area contributed by atoms with Crippen molar-refractivity contribution in [1.82, 2.24) is 40.6 Å². The molecule has 0 bridgehead atoms. The molecule has 0 saturated carbocycles. The highest BCUT2D eigenvalue weighted by molar-refractivity contribution is 5.73. The van der Waals surface area contributed by atoms with Crippen LogP contribution in [0, 0.1) is 5.92 Å². The molecule has 0 spiro atoms. The Balaban J connectivity index is 0.000000451. The average molecular weight is 456 g/mol. The Morgan fingerprint density at radius 3 is 2.38 bits per heavy atom. The Labute approximate surface area is 181 Å². The maximum absolute atomic E-state index is 10.6. The Bertz CT molecular complexity index is 989. The van der Waals surface area contributed by atoms with E-state index in [9.17, 15) is 13.2 Å². The van der Waals surface area contributed by atoms with Gasteiger partial charge in [0.05, 0.1) is 18.6 Å². The molecule has 0 aliphatic heterocycles. The molecule has 0 aliphatic carbocycles. The summed E-state index contributed by atoms with van der Waals surface area (Å²) in [4.78, 5) is 17.4. The predicted octanol–water partition coefficient (Wildman–Crippen LogP) is 2.82. The van der Waals surface area contributed by atoms with Crippen molar-refractivity contribution < 1.29 is 27.6 Å². The van der Waals surface area contributed by atoms with Gasteiger partial charge in [0.2, 0.25) is 11.7 Å². The fraction of sp³-hybridized carbons (Fsp3) is 0.500. The lowest BCUT2D eigenvalue weighted by Crippen LogP contribution is -2.27. The van der Waals surface area contributed by atoms with Crippen molar-refractivity contribution >= 4 is 5.97 Å². The highest BCUT2D eigenvalue weighted by Crippen LogP contribution is 2.23. The van der Waals surface area contributed by atoms with Crippen molar-refractivity contribution in [2.24, 2.45) is 5.92 Å². The van der Waals surface area contributed by atoms with Crippen molar-refractivity contribution in [3.8, 4) is 11.4 Å². The topological polar surface area (TPSA) is 145 Å². The molecular weight excluding hydrogens is 433 g/mol. The number of nitrogens with zero attached hydrogens (tertiary/aromatic N) is 7. The number of carboxylic acids is 1. The first-order valence-electron chi connectivity index (χ1n) is 9.55. The number of hydrogen-bond donors (Lipinski definition) is 2. The number of alkyl halides is 3. The summed E-state index contributed by atoms with van der Waals surface area (Å²) in [6.45, 7) is 8.79. The summed E-state index contributed by atoms with van der Waals surface area (Å²) >= 11 is 0. The highest BCUT2D eigenvalue weighted by atomic mass is 19.4. The van der Waals surface area contributed by atoms with Gasteiger partial charge in [-0.05, 0) is 42.3 Å². The van der Waals surface area contributed by atoms with Gasteiger partial charge in [0, 0.05) is 18.0 Å². The van der Waals surface area contributed by atoms with E-state index in [0.717, 1.165) is 11.4 Å². The predicted molar refractivity (Wildman–Crippen MR) is 104 cm³/mol. The Hall–Kier alpha value is -3.42. The maximum atomic E-state index is 10.6. The van der Waals surface area contributed by atoms with Gasteiger partial charge < -0.3 is 9.63 Å². The van der Waals surface area contributed by atoms with Crippen molar-refractivity contribution in [2.45, 2.75) is 52.5 Å². The lowest BCUT2D eigenvalue weighted by atomic mass is 10.0. The van der Waals surface area contributed by atoms with Gasteiger partial charge in [-0.2, -0.15) is 18.2 Å². The molecule has 14 heteroatoms. The van der Waals surface area contributed by atoms with E-state index in [1.54, 1.807) is 17.1 Å². The summed E-state index contributed by atoms with van der Waals surface area (Å²) in [5.74, 6) is -0.626. The van der Waals surface area contributed by atoms with Crippen LogP contribution < -0.4 is 5.32 Å². The standard InChI is InChI=1S/C16H22N8O.C2HF3O2/c1-10(2)14(18-9-13-20-22-23-24(13)11(3)4)16-19-15(21-25-16)12-5-7-17-8-6-12;3-2(4,5)1(6)7/h5-8,10-11,14,18H,9H2,1-4H3;(H,6,7). The van der Waals surface area contributed by atoms with E-state index in [-0.39, 0.29) is 18.0 Å². The number of carbonyl (C=O) groups is 1. The number of aromatic nitrogens is 7. The minimum absolute atomic E-state index is 0.0969. The first kappa shape index (κ1) is 24.8. The van der Waals surface area contributed by atoms with Crippen molar-refractivity contribution in [3.63, 3.8) is 0 Å². The fourth-order valence-electron chi connectivity index (χ4n) is 2.52. The van der Waals surface area contributed by atoms with Crippen molar-refractivity contribution in [3.05, 3.63) is 36.2 Å². The van der Waals surface area contributed by atoms with Gasteiger partial charge in [-0.3, -0.25) is 10.3 Å². The second-order valence-corrected chi connectivity index (χ2v) is 7.23. The molecule has 1 atom stereocenters. The second kappa shape index (κ2) is 10.7. The highest BCUT2D eigenvalue weighted by Gasteiger charge is 2.38. The Morgan fingerprint density at radius 2 is 1.84 bits per heavy atom. The quantitative estimate of drug-likeness (QED) is 0.544. The van der Waals surface area contributed by atoms with Crippen LogP contribution in [0.2, 0.25) is 0 Å². The molecule has 174 valence electrons. The smallest absolute Gasteiger partial charge is 0.475 e. The first-order chi connectivity index (χ1) is 15.0. The van der Waals surface area contributed by atoms with Crippen LogP contribution in [0.1, 0.15) is 51.5 Å². The normalized spacial score (nSPS) is 12.5. The van der Waals surface area contributed by atoms with Crippen LogP contribution in [0.4, 0.5) is 13.2 Å². The van der Waals surface area contributed by atoms with E-state index in [2.05, 4.69) is 49.8 Å². The van der Waals surface area contributed by atoms with Gasteiger partial charge in [-0.1, -0.05) is 19.0 Å². The number of carboxylic acid groups (broad SMARTS) is 1. The first-order valence-corrected chi connectivity index (χ1v) is 9.55. The lowest BCUT2D eigenvalue weighted by Gasteiger charge is -2.18. The number of aliphatic carboxylic acids is 1. The molecule has 3 aromatic heterocycles. The molecular formula is C18H23F3N8O3. The van der Waals surface area contributed by atoms with Gasteiger partial charge in [0.1, 0.15) is 0 Å². The van der Waals surface area contributed by atoms with Crippen molar-refractivity contribution in [1.29, 1.82) is 0 Å². The summed E-state index contributed by atoms with van der Waals surface area (Å²) in [5, 5.41) is 26.5. The number of tetrazole rings is 1. The van der Waals surface area contributed by atoms with Gasteiger partial charge in [0.25, 0.3) is 0 Å². The van der Waals surface area contributed by atoms with E-state index >= 15 is 0 Å². The van der Waals surface area contributed by atoms with Crippen LogP contribution in [-0.2, 0) is 11.3 Å². The molecule has 1 unspecified atom stereocenters. The van der Waals surface area contributed by atoms with Crippen molar-refractivity contribution in [2.75, 3.05) is 0 Å². The summed E-state index contributed by atoms with van der Waals surface area (Å²) in [6.07, 6.45) is -1.68. The van der Waals surface area contributed by atoms with Gasteiger partial charge in [-0.15, -0.1) is 5.10 Å². The molecule has 0 fully saturated rings. The Morgan fingerprint density at radius 1 is 1.22 bits per heavy atom. The van der Waals surface area contributed by atoms with Gasteiger partial charge in [-0.25, -0.2) is 9.48 Å². The molecule has 32 heavy (non-hydrogen) atoms. The number of rotatable bonds is 7. The molecule has 3 rings (SSSR count). The third-order valence-corrected chi connectivity index (χ3v) is 4.09. The van der Waals surface area contributed by atoms with Crippen LogP contribution in [0.5, 0.6) is 0 Å². The lowest BCUT2D eigenvalue weighted by molar-refractivity contribution is -0.192. The van der Waals surface area contributed by atoms with Crippen LogP contribution in [0.3, 0.4) is 0 Å². The van der Waals surface area contributed by atoms with Crippen LogP contribution in [-0.4, -0.2) is 52.6 Å². The second-order valence-electron chi connectivity index (χ2n) is 7.23. The molecule has 0 aliphatic rings. The van der Waals surface area contributed by atoms with E-state index in [1.165, 1.54) is 0 Å². The molecule has 0 radical (unpaired) electrons. The van der Waals surface area contributed by atoms with E-state index in [1.807, 2.05) is 26.0 Å². The SMILES string of the molecule is CC(C)C(NCc1nnnn1C(C)C)c1nc(-c2ccncc2)no1.O=C(O)C(F)(F)F. The van der Waals surface area contributed by atoms with Crippen LogP contribution in [0.25, 0.3) is 11.4 Å². The summed E-state index contributed by atoms with van der Waals surface area (Å²) in [6, 6.07) is 3.80. The minimum Gasteiger partial charge on any atom is -0.475 e. The number of pyridine rings is 1. The largest absolute Gasteiger partial charge is 0.490 e. The number of halogens is 3. The summed E-state index contributed by atoms with van der Waals surface area (Å²) in [5.41, 5.74) is 0.872. The monoisotopic (exact) mass is 456 g/mol. The molecule has 2 N–H and O–H groups in total. The average Bonchev–Trinajstić information content (AvgIpc) is 3.38. The van der Waals surface area contributed by atoms with E-state index in [4.69, 9.17) is 14.4 Å². The summed E-state index contributed by atoms with van der Waals surface area (Å²) in [7, 11) is 0. The maximum Gasteiger partial charge on any atom is 0.490 e. The third-order valence-electron chi connectivity index (χ3n) is 4.09. The zero-order valence-electron chi connectivity index (χ0n) is 17.8. The van der Waals surface area contributed by atoms with Gasteiger partial charge in [0.15, 0.2) is 5.82 Å². The molecule has 3 heterocycles. The zero-order valence-corrected chi connectivity index (χ0v) is 17.8. The third kappa shape index (κ3) is 6.80. The molecule has 11 nitrogen and oxygen atoms in total. The van der Waals surface area contributed by atoms with E-state index < -0.39 is 12.1 Å². The minimum atomic E-state index is -5.08. The zero-order chi connectivity index (χ0) is 23.9. The van der Waals surface area contributed by atoms with Crippen LogP contribution in [0.15, 0.2) is 29.0 Å². The summed E-state index contributed by atoms with van der Waals surface area (Å²) < 4.78 is 39.0. The molecule has 3 aromatic rings. The molecule has 0 saturated heterocycles. The Kier molecular flexibility index (Phi) is 8.34. The van der Waals surface area contributed by atoms with Crippen LogP contribution >= 0.6 is 0 Å². The molecule has 0 aromatic carbocycles. The van der Waals surface area contributed by atoms with E-state index in [0.29, 0.717) is 18.3 Å². The number of nitrogens with one attached hydrogen (secondary N) is 1. The fourth-order valence-corrected chi connectivity index (χ4v) is 2.52. The van der Waals surface area contributed by atoms with Gasteiger partial charge >= 0.3 is 12.1 Å².